The second-order valence-electron chi connectivity index (χ2n) is 4.09. The smallest absolute Gasteiger partial charge is 0.254 e. The van der Waals surface area contributed by atoms with Crippen molar-refractivity contribution in [3.63, 3.8) is 0 Å². The second-order valence-corrected chi connectivity index (χ2v) is 4.45. The Kier molecular flexibility index (Phi) is 4.01. The molecule has 0 spiro atoms. The van der Waals surface area contributed by atoms with Crippen molar-refractivity contribution in [3.05, 3.63) is 40.9 Å². The van der Waals surface area contributed by atoms with Crippen LogP contribution in [0.1, 0.15) is 16.1 Å². The zero-order valence-electron chi connectivity index (χ0n) is 10.4. The zero-order chi connectivity index (χ0) is 13.8. The summed E-state index contributed by atoms with van der Waals surface area (Å²) in [5.74, 6) is -0.291. The maximum absolute atomic E-state index is 11.9. The molecule has 0 saturated heterocycles. The van der Waals surface area contributed by atoms with Crippen LogP contribution in [-0.4, -0.2) is 27.2 Å². The van der Waals surface area contributed by atoms with Gasteiger partial charge in [-0.2, -0.15) is 5.10 Å². The van der Waals surface area contributed by atoms with E-state index in [1.165, 1.54) is 12.3 Å². The number of nitrogens with zero attached hydrogens (tertiary/aromatic N) is 3. The van der Waals surface area contributed by atoms with Crippen LogP contribution in [0.3, 0.4) is 0 Å². The van der Waals surface area contributed by atoms with Crippen LogP contribution in [0.4, 0.5) is 5.69 Å². The molecule has 100 valence electrons. The van der Waals surface area contributed by atoms with E-state index in [2.05, 4.69) is 15.4 Å². The zero-order valence-corrected chi connectivity index (χ0v) is 11.2. The van der Waals surface area contributed by atoms with Gasteiger partial charge in [-0.05, 0) is 12.1 Å². The number of hydrogen-bond donors (Lipinski definition) is 2. The molecule has 2 rings (SSSR count). The van der Waals surface area contributed by atoms with E-state index in [1.54, 1.807) is 4.68 Å². The molecule has 0 atom stereocenters. The Labute approximate surface area is 115 Å². The van der Waals surface area contributed by atoms with Gasteiger partial charge in [0.2, 0.25) is 0 Å². The van der Waals surface area contributed by atoms with Crippen molar-refractivity contribution in [1.82, 2.24) is 20.1 Å². The Morgan fingerprint density at radius 2 is 2.37 bits per heavy atom. The highest BCUT2D eigenvalue weighted by atomic mass is 35.5. The third-order valence-corrected chi connectivity index (χ3v) is 2.84. The van der Waals surface area contributed by atoms with Gasteiger partial charge in [-0.3, -0.25) is 9.48 Å². The Bertz CT molecular complexity index is 596. The number of nitrogens with two attached hydrogens (primary N) is 1. The average Bonchev–Trinajstić information content (AvgIpc) is 2.78. The number of nitrogens with one attached hydrogen (secondary N) is 1. The average molecular weight is 280 g/mol. The lowest BCUT2D eigenvalue weighted by Crippen LogP contribution is -2.26. The van der Waals surface area contributed by atoms with Crippen molar-refractivity contribution >= 4 is 23.2 Å². The number of pyridine rings is 1. The fraction of sp³-hybridized carbons (Fsp3) is 0.250. The van der Waals surface area contributed by atoms with Crippen molar-refractivity contribution in [2.75, 3.05) is 12.3 Å². The van der Waals surface area contributed by atoms with E-state index in [0.717, 1.165) is 5.69 Å². The number of nitrogen functional groups attached to an aromatic ring is 1. The molecule has 0 saturated carbocycles. The van der Waals surface area contributed by atoms with Crippen LogP contribution in [0.25, 0.3) is 0 Å². The highest BCUT2D eigenvalue weighted by Gasteiger charge is 2.11. The molecule has 2 aromatic heterocycles. The standard InChI is InChI=1S/C12H14ClN5O/c1-18-5-3-9(17-18)2-4-15-12(19)10-6-8(14)7-16-11(10)13/h3,5-7H,2,4,14H2,1H3,(H,15,19). The largest absolute Gasteiger partial charge is 0.397 e. The van der Waals surface area contributed by atoms with Gasteiger partial charge in [-0.1, -0.05) is 11.6 Å². The molecule has 1 amide bonds. The van der Waals surface area contributed by atoms with E-state index in [0.29, 0.717) is 18.7 Å². The molecule has 0 aromatic carbocycles. The number of hydrogen-bond acceptors (Lipinski definition) is 4. The molecule has 0 bridgehead atoms. The van der Waals surface area contributed by atoms with Gasteiger partial charge in [-0.25, -0.2) is 4.98 Å². The summed E-state index contributed by atoms with van der Waals surface area (Å²) >= 11 is 5.85. The van der Waals surface area contributed by atoms with Crippen LogP contribution < -0.4 is 11.1 Å². The Morgan fingerprint density at radius 3 is 3.05 bits per heavy atom. The van der Waals surface area contributed by atoms with Gasteiger partial charge < -0.3 is 11.1 Å². The SMILES string of the molecule is Cn1ccc(CCNC(=O)c2cc(N)cnc2Cl)n1. The number of anilines is 1. The highest BCUT2D eigenvalue weighted by Crippen LogP contribution is 2.15. The lowest BCUT2D eigenvalue weighted by atomic mass is 10.2. The molecule has 19 heavy (non-hydrogen) atoms. The molecule has 0 aliphatic heterocycles. The first-order chi connectivity index (χ1) is 9.06. The first kappa shape index (κ1) is 13.4. The number of carbonyl (C=O) groups excluding carboxylic acids is 1. The van der Waals surface area contributed by atoms with E-state index < -0.39 is 0 Å². The van der Waals surface area contributed by atoms with E-state index in [1.807, 2.05) is 19.3 Å². The van der Waals surface area contributed by atoms with E-state index >= 15 is 0 Å². The summed E-state index contributed by atoms with van der Waals surface area (Å²) in [7, 11) is 1.85. The molecule has 0 unspecified atom stereocenters. The van der Waals surface area contributed by atoms with Crippen LogP contribution in [0, 0.1) is 0 Å². The number of halogens is 1. The number of carbonyl (C=O) groups is 1. The lowest BCUT2D eigenvalue weighted by Gasteiger charge is -2.06. The lowest BCUT2D eigenvalue weighted by molar-refractivity contribution is 0.0954. The predicted molar refractivity (Wildman–Crippen MR) is 72.9 cm³/mol. The molecular formula is C12H14ClN5O. The van der Waals surface area contributed by atoms with E-state index in [-0.39, 0.29) is 16.6 Å². The normalized spacial score (nSPS) is 10.4. The summed E-state index contributed by atoms with van der Waals surface area (Å²) in [6.45, 7) is 0.473. The molecule has 2 aromatic rings. The van der Waals surface area contributed by atoms with E-state index in [4.69, 9.17) is 17.3 Å². The van der Waals surface area contributed by atoms with Crippen LogP contribution in [0.2, 0.25) is 5.15 Å². The number of aryl methyl sites for hydroxylation is 1. The van der Waals surface area contributed by atoms with Gasteiger partial charge in [0.1, 0.15) is 5.15 Å². The number of amides is 1. The third kappa shape index (κ3) is 3.45. The van der Waals surface area contributed by atoms with Crippen LogP contribution in [-0.2, 0) is 13.5 Å². The minimum absolute atomic E-state index is 0.143. The molecule has 0 aliphatic carbocycles. The molecule has 0 fully saturated rings. The molecule has 0 aliphatic rings. The maximum Gasteiger partial charge on any atom is 0.254 e. The minimum atomic E-state index is -0.291. The maximum atomic E-state index is 11.9. The molecule has 2 heterocycles. The number of aromatic nitrogens is 3. The van der Waals surface area contributed by atoms with Crippen LogP contribution in [0.15, 0.2) is 24.5 Å². The quantitative estimate of drug-likeness (QED) is 0.818. The van der Waals surface area contributed by atoms with Crippen molar-refractivity contribution in [2.24, 2.45) is 7.05 Å². The minimum Gasteiger partial charge on any atom is -0.397 e. The second kappa shape index (κ2) is 5.71. The van der Waals surface area contributed by atoms with Crippen molar-refractivity contribution in [1.29, 1.82) is 0 Å². The van der Waals surface area contributed by atoms with Gasteiger partial charge in [0.05, 0.1) is 23.1 Å². The topological polar surface area (TPSA) is 85.8 Å². The summed E-state index contributed by atoms with van der Waals surface area (Å²) in [6.07, 6.45) is 3.92. The first-order valence-electron chi connectivity index (χ1n) is 5.74. The summed E-state index contributed by atoms with van der Waals surface area (Å²) in [5, 5.41) is 7.12. The van der Waals surface area contributed by atoms with Gasteiger partial charge in [0.15, 0.2) is 0 Å². The molecule has 6 nitrogen and oxygen atoms in total. The van der Waals surface area contributed by atoms with E-state index in [9.17, 15) is 4.79 Å². The summed E-state index contributed by atoms with van der Waals surface area (Å²) in [4.78, 5) is 15.7. The van der Waals surface area contributed by atoms with Gasteiger partial charge in [-0.15, -0.1) is 0 Å². The van der Waals surface area contributed by atoms with Crippen LogP contribution >= 0.6 is 11.6 Å². The monoisotopic (exact) mass is 279 g/mol. The van der Waals surface area contributed by atoms with Gasteiger partial charge >= 0.3 is 0 Å². The van der Waals surface area contributed by atoms with Crippen LogP contribution in [0.5, 0.6) is 0 Å². The fourth-order valence-corrected chi connectivity index (χ4v) is 1.81. The number of rotatable bonds is 4. The molecule has 7 heteroatoms. The summed E-state index contributed by atoms with van der Waals surface area (Å²) in [6, 6.07) is 3.41. The summed E-state index contributed by atoms with van der Waals surface area (Å²) in [5.41, 5.74) is 7.17. The molecule has 3 N–H and O–H groups in total. The van der Waals surface area contributed by atoms with Crippen molar-refractivity contribution in [3.8, 4) is 0 Å². The van der Waals surface area contributed by atoms with Gasteiger partial charge in [0.25, 0.3) is 5.91 Å². The summed E-state index contributed by atoms with van der Waals surface area (Å²) < 4.78 is 1.72. The Hall–Kier alpha value is -2.08. The fourth-order valence-electron chi connectivity index (χ4n) is 1.62. The third-order valence-electron chi connectivity index (χ3n) is 2.54. The Balaban J connectivity index is 1.92. The van der Waals surface area contributed by atoms with Gasteiger partial charge in [0, 0.05) is 26.2 Å². The van der Waals surface area contributed by atoms with Crippen molar-refractivity contribution in [2.45, 2.75) is 6.42 Å². The molecular weight excluding hydrogens is 266 g/mol. The highest BCUT2D eigenvalue weighted by molar-refractivity contribution is 6.32. The first-order valence-corrected chi connectivity index (χ1v) is 6.12. The van der Waals surface area contributed by atoms with Crippen molar-refractivity contribution < 1.29 is 4.79 Å². The predicted octanol–water partition coefficient (Wildman–Crippen LogP) is 1.02. The Morgan fingerprint density at radius 1 is 1.58 bits per heavy atom. The molecule has 0 radical (unpaired) electrons.